The zero-order valence-electron chi connectivity index (χ0n) is 13.2. The summed E-state index contributed by atoms with van der Waals surface area (Å²) in [6.45, 7) is -0.109. The van der Waals surface area contributed by atoms with E-state index < -0.39 is 10.1 Å². The predicted octanol–water partition coefficient (Wildman–Crippen LogP) is 3.87. The lowest BCUT2D eigenvalue weighted by Crippen LogP contribution is -2.04. The number of benzene rings is 1. The van der Waals surface area contributed by atoms with Crippen LogP contribution in [0.15, 0.2) is 34.9 Å². The highest BCUT2D eigenvalue weighted by Crippen LogP contribution is 2.33. The van der Waals surface area contributed by atoms with Gasteiger partial charge in [0.05, 0.1) is 6.26 Å². The molecule has 5 nitrogen and oxygen atoms in total. The molecule has 23 heavy (non-hydrogen) atoms. The third-order valence-electron chi connectivity index (χ3n) is 4.25. The molecule has 0 amide bonds. The van der Waals surface area contributed by atoms with E-state index in [2.05, 4.69) is 17.3 Å². The molecule has 0 bridgehead atoms. The van der Waals surface area contributed by atoms with Crippen LogP contribution < -0.4 is 0 Å². The summed E-state index contributed by atoms with van der Waals surface area (Å²) in [5.74, 6) is 1.29. The lowest BCUT2D eigenvalue weighted by Gasteiger charge is -2.21. The molecule has 0 radical (unpaired) electrons. The molecule has 1 fully saturated rings. The van der Waals surface area contributed by atoms with E-state index >= 15 is 0 Å². The van der Waals surface area contributed by atoms with E-state index in [1.165, 1.54) is 37.7 Å². The highest BCUT2D eigenvalue weighted by atomic mass is 32.2. The molecule has 6 heteroatoms. The van der Waals surface area contributed by atoms with Crippen LogP contribution in [0.5, 0.6) is 0 Å². The van der Waals surface area contributed by atoms with Gasteiger partial charge in [0.2, 0.25) is 0 Å². The summed E-state index contributed by atoms with van der Waals surface area (Å²) in [5, 5.41) is 3.84. The molecule has 1 aromatic heterocycles. The van der Waals surface area contributed by atoms with Gasteiger partial charge in [0.1, 0.15) is 12.3 Å². The molecule has 1 aliphatic rings. The second kappa shape index (κ2) is 6.84. The fourth-order valence-corrected chi connectivity index (χ4v) is 3.37. The van der Waals surface area contributed by atoms with Gasteiger partial charge in [0, 0.05) is 11.6 Å². The van der Waals surface area contributed by atoms with Crippen LogP contribution >= 0.6 is 0 Å². The van der Waals surface area contributed by atoms with Crippen molar-refractivity contribution in [1.82, 2.24) is 5.16 Å². The molecule has 0 N–H and O–H groups in total. The van der Waals surface area contributed by atoms with Crippen LogP contribution in [0.2, 0.25) is 0 Å². The summed E-state index contributed by atoms with van der Waals surface area (Å²) in [7, 11) is -3.48. The van der Waals surface area contributed by atoms with Crippen molar-refractivity contribution in [2.75, 3.05) is 6.26 Å². The molecule has 1 saturated carbocycles. The topological polar surface area (TPSA) is 69.4 Å². The maximum absolute atomic E-state index is 11.0. The van der Waals surface area contributed by atoms with Crippen molar-refractivity contribution in [1.29, 1.82) is 0 Å². The summed E-state index contributed by atoms with van der Waals surface area (Å²) >= 11 is 0. The van der Waals surface area contributed by atoms with E-state index in [1.807, 2.05) is 12.1 Å². The quantitative estimate of drug-likeness (QED) is 0.776. The third kappa shape index (κ3) is 4.42. The zero-order valence-corrected chi connectivity index (χ0v) is 14.0. The first kappa shape index (κ1) is 16.2. The number of nitrogens with zero attached hydrogens (tertiary/aromatic N) is 1. The van der Waals surface area contributed by atoms with Gasteiger partial charge in [-0.3, -0.25) is 4.18 Å². The molecular weight excluding hydrogens is 314 g/mol. The first-order valence-corrected chi connectivity index (χ1v) is 9.73. The van der Waals surface area contributed by atoms with Crippen LogP contribution in [0, 0.1) is 0 Å². The average Bonchev–Trinajstić information content (AvgIpc) is 3.02. The van der Waals surface area contributed by atoms with Gasteiger partial charge >= 0.3 is 0 Å². The molecule has 1 aliphatic carbocycles. The predicted molar refractivity (Wildman–Crippen MR) is 87.4 cm³/mol. The van der Waals surface area contributed by atoms with Crippen molar-refractivity contribution >= 4 is 10.1 Å². The van der Waals surface area contributed by atoms with Crippen LogP contribution in [0.25, 0.3) is 11.3 Å². The smallest absolute Gasteiger partial charge is 0.264 e. The maximum atomic E-state index is 11.0. The van der Waals surface area contributed by atoms with Crippen molar-refractivity contribution in [3.05, 3.63) is 41.6 Å². The Kier molecular flexibility index (Phi) is 4.82. The fourth-order valence-electron chi connectivity index (χ4n) is 3.04. The highest BCUT2D eigenvalue weighted by molar-refractivity contribution is 7.85. The van der Waals surface area contributed by atoms with E-state index in [1.54, 1.807) is 6.07 Å². The summed E-state index contributed by atoms with van der Waals surface area (Å²) in [6, 6.07) is 10.1. The lowest BCUT2D eigenvalue weighted by molar-refractivity contribution is 0.296. The molecule has 1 aromatic carbocycles. The van der Waals surface area contributed by atoms with Gasteiger partial charge in [-0.05, 0) is 24.3 Å². The molecule has 0 aliphatic heterocycles. The molecule has 124 valence electrons. The molecule has 0 unspecified atom stereocenters. The minimum atomic E-state index is -3.48. The van der Waals surface area contributed by atoms with Gasteiger partial charge < -0.3 is 4.52 Å². The van der Waals surface area contributed by atoms with Crippen molar-refractivity contribution in [3.8, 4) is 11.3 Å². The number of hydrogen-bond donors (Lipinski definition) is 0. The summed E-state index contributed by atoms with van der Waals surface area (Å²) < 4.78 is 32.0. The van der Waals surface area contributed by atoms with E-state index in [9.17, 15) is 8.42 Å². The van der Waals surface area contributed by atoms with Crippen molar-refractivity contribution in [2.24, 2.45) is 0 Å². The summed E-state index contributed by atoms with van der Waals surface area (Å²) in [6.07, 6.45) is 7.54. The van der Waals surface area contributed by atoms with Crippen molar-refractivity contribution in [3.63, 3.8) is 0 Å². The summed E-state index contributed by atoms with van der Waals surface area (Å²) in [4.78, 5) is 0. The average molecular weight is 335 g/mol. The first-order valence-electron chi connectivity index (χ1n) is 7.91. The lowest BCUT2D eigenvalue weighted by atomic mass is 9.84. The third-order valence-corrected chi connectivity index (χ3v) is 4.80. The largest absolute Gasteiger partial charge is 0.356 e. The minimum absolute atomic E-state index is 0.109. The van der Waals surface area contributed by atoms with Crippen LogP contribution in [0.1, 0.15) is 49.3 Å². The molecular formula is C17H21NO4S. The molecule has 2 aromatic rings. The van der Waals surface area contributed by atoms with Crippen LogP contribution in [0.3, 0.4) is 0 Å². The Labute approximate surface area is 136 Å². The van der Waals surface area contributed by atoms with E-state index in [4.69, 9.17) is 8.71 Å². The Morgan fingerprint density at radius 3 is 2.52 bits per heavy atom. The number of rotatable bonds is 5. The van der Waals surface area contributed by atoms with Crippen molar-refractivity contribution < 1.29 is 17.1 Å². The van der Waals surface area contributed by atoms with Gasteiger partial charge in [-0.1, -0.05) is 48.7 Å². The highest BCUT2D eigenvalue weighted by Gasteiger charge is 2.16. The van der Waals surface area contributed by atoms with Crippen LogP contribution in [0.4, 0.5) is 0 Å². The standard InChI is InChI=1S/C17H21NO4S/c1-23(19,20)21-12-16-11-17(22-18-16)15-9-7-14(8-10-15)13-5-3-2-4-6-13/h7-11,13H,2-6,12H2,1H3. The van der Waals surface area contributed by atoms with Crippen LogP contribution in [-0.2, 0) is 20.9 Å². The Morgan fingerprint density at radius 1 is 1.17 bits per heavy atom. The number of hydrogen-bond acceptors (Lipinski definition) is 5. The maximum Gasteiger partial charge on any atom is 0.264 e. The summed E-state index contributed by atoms with van der Waals surface area (Å²) in [5.41, 5.74) is 2.78. The molecule has 0 atom stereocenters. The number of aromatic nitrogens is 1. The second-order valence-electron chi connectivity index (χ2n) is 6.11. The Hall–Kier alpha value is -1.66. The van der Waals surface area contributed by atoms with Crippen LogP contribution in [-0.4, -0.2) is 19.8 Å². The monoisotopic (exact) mass is 335 g/mol. The second-order valence-corrected chi connectivity index (χ2v) is 7.75. The van der Waals surface area contributed by atoms with Gasteiger partial charge in [0.25, 0.3) is 10.1 Å². The normalized spacial score (nSPS) is 16.6. The first-order chi connectivity index (χ1) is 11.0. The van der Waals surface area contributed by atoms with Gasteiger partial charge in [0.15, 0.2) is 5.76 Å². The molecule has 1 heterocycles. The van der Waals surface area contributed by atoms with E-state index in [0.717, 1.165) is 11.8 Å². The molecule has 0 spiro atoms. The molecule has 0 saturated heterocycles. The van der Waals surface area contributed by atoms with E-state index in [-0.39, 0.29) is 6.61 Å². The zero-order chi connectivity index (χ0) is 16.3. The van der Waals surface area contributed by atoms with Crippen molar-refractivity contribution in [2.45, 2.75) is 44.6 Å². The Bertz CT molecular complexity index is 743. The fraction of sp³-hybridized carbons (Fsp3) is 0.471. The van der Waals surface area contributed by atoms with Gasteiger partial charge in [-0.15, -0.1) is 0 Å². The Morgan fingerprint density at radius 2 is 1.87 bits per heavy atom. The Balaban J connectivity index is 1.68. The minimum Gasteiger partial charge on any atom is -0.356 e. The van der Waals surface area contributed by atoms with Gasteiger partial charge in [-0.2, -0.15) is 8.42 Å². The molecule has 3 rings (SSSR count). The van der Waals surface area contributed by atoms with Gasteiger partial charge in [-0.25, -0.2) is 0 Å². The van der Waals surface area contributed by atoms with E-state index in [0.29, 0.717) is 17.4 Å². The SMILES string of the molecule is CS(=O)(=O)OCc1cc(-c2ccc(C3CCCCC3)cc2)on1.